The van der Waals surface area contributed by atoms with Crippen LogP contribution in [0.4, 0.5) is 4.39 Å². The second-order valence-electron chi connectivity index (χ2n) is 6.68. The number of benzene rings is 2. The predicted molar refractivity (Wildman–Crippen MR) is 104 cm³/mol. The van der Waals surface area contributed by atoms with Crippen LogP contribution in [0.1, 0.15) is 35.9 Å². The molecule has 4 rings (SSSR count). The Kier molecular flexibility index (Phi) is 4.73. The summed E-state index contributed by atoms with van der Waals surface area (Å²) in [6.45, 7) is 1.92. The molecule has 2 aromatic heterocycles. The van der Waals surface area contributed by atoms with Crippen LogP contribution in [-0.2, 0) is 13.0 Å². The third-order valence-electron chi connectivity index (χ3n) is 4.72. The van der Waals surface area contributed by atoms with Crippen molar-refractivity contribution in [3.8, 4) is 0 Å². The van der Waals surface area contributed by atoms with Crippen molar-refractivity contribution in [2.45, 2.75) is 32.7 Å². The fourth-order valence-electron chi connectivity index (χ4n) is 3.24. The van der Waals surface area contributed by atoms with Crippen molar-refractivity contribution < 1.29 is 9.18 Å². The zero-order valence-corrected chi connectivity index (χ0v) is 15.4. The van der Waals surface area contributed by atoms with Crippen LogP contribution in [0.3, 0.4) is 0 Å². The third kappa shape index (κ3) is 3.19. The largest absolute Gasteiger partial charge is 0.351 e. The van der Waals surface area contributed by atoms with Crippen LogP contribution in [0.2, 0.25) is 0 Å². The van der Waals surface area contributed by atoms with E-state index in [1.54, 1.807) is 6.07 Å². The highest BCUT2D eigenvalue weighted by molar-refractivity contribution is 5.97. The number of carbonyl (C=O) groups is 1. The van der Waals surface area contributed by atoms with E-state index in [-0.39, 0.29) is 12.3 Å². The molecule has 0 fully saturated rings. The number of para-hydroxylation sites is 1. The lowest BCUT2D eigenvalue weighted by Gasteiger charge is -2.10. The average molecular weight is 378 g/mol. The van der Waals surface area contributed by atoms with Crippen molar-refractivity contribution in [2.75, 3.05) is 0 Å². The van der Waals surface area contributed by atoms with E-state index in [0.717, 1.165) is 18.2 Å². The van der Waals surface area contributed by atoms with E-state index in [9.17, 15) is 14.0 Å². The molecule has 7 heteroatoms. The highest BCUT2D eigenvalue weighted by atomic mass is 19.1. The van der Waals surface area contributed by atoms with Gasteiger partial charge >= 0.3 is 5.69 Å². The first-order chi connectivity index (χ1) is 13.6. The second-order valence-corrected chi connectivity index (χ2v) is 6.68. The number of hydrogen-bond acceptors (Lipinski definition) is 4. The number of aryl methyl sites for hydroxylation is 1. The second kappa shape index (κ2) is 7.34. The zero-order valence-electron chi connectivity index (χ0n) is 15.4. The van der Waals surface area contributed by atoms with Gasteiger partial charge in [-0.15, -0.1) is 5.10 Å². The molecule has 6 nitrogen and oxygen atoms in total. The number of fused-ring (bicyclic) bond motifs is 3. The summed E-state index contributed by atoms with van der Waals surface area (Å²) in [5, 5.41) is 5.12. The van der Waals surface area contributed by atoms with Crippen molar-refractivity contribution >= 4 is 22.3 Å². The Morgan fingerprint density at radius 3 is 2.61 bits per heavy atom. The van der Waals surface area contributed by atoms with Crippen LogP contribution in [0.15, 0.2) is 53.3 Å². The quantitative estimate of drug-likeness (QED) is 0.482. The molecular weight excluding hydrogens is 359 g/mol. The minimum atomic E-state index is -0.417. The summed E-state index contributed by atoms with van der Waals surface area (Å²) in [7, 11) is 0. The number of nitrogens with zero attached hydrogens (tertiary/aromatic N) is 4. The molecule has 0 aliphatic carbocycles. The molecule has 0 spiro atoms. The van der Waals surface area contributed by atoms with E-state index < -0.39 is 11.5 Å². The normalized spacial score (nSPS) is 11.4. The Labute approximate surface area is 160 Å². The first-order valence-electron chi connectivity index (χ1n) is 9.24. The van der Waals surface area contributed by atoms with Crippen LogP contribution >= 0.6 is 0 Å². The van der Waals surface area contributed by atoms with Crippen molar-refractivity contribution in [1.29, 1.82) is 0 Å². The van der Waals surface area contributed by atoms with Gasteiger partial charge in [0.25, 0.3) is 0 Å². The lowest BCUT2D eigenvalue weighted by Crippen LogP contribution is -2.30. The fourth-order valence-corrected chi connectivity index (χ4v) is 3.24. The molecule has 0 saturated heterocycles. The maximum Gasteiger partial charge on any atom is 0.351 e. The Morgan fingerprint density at radius 1 is 1.11 bits per heavy atom. The molecule has 0 amide bonds. The van der Waals surface area contributed by atoms with Crippen molar-refractivity contribution in [3.05, 3.63) is 76.2 Å². The molecule has 28 heavy (non-hydrogen) atoms. The summed E-state index contributed by atoms with van der Waals surface area (Å²) < 4.78 is 15.8. The van der Waals surface area contributed by atoms with Crippen molar-refractivity contribution in [2.24, 2.45) is 0 Å². The molecule has 2 aromatic carbocycles. The number of aromatic nitrogens is 4. The molecule has 0 aliphatic rings. The number of hydrogen-bond donors (Lipinski definition) is 0. The molecule has 0 atom stereocenters. The zero-order chi connectivity index (χ0) is 19.7. The number of ketones is 1. The van der Waals surface area contributed by atoms with Crippen LogP contribution in [0.25, 0.3) is 16.6 Å². The smallest absolute Gasteiger partial charge is 0.292 e. The number of unbranched alkanes of at least 4 members (excludes halogenated alkanes) is 1. The van der Waals surface area contributed by atoms with Gasteiger partial charge in [0.05, 0.1) is 12.1 Å². The van der Waals surface area contributed by atoms with Gasteiger partial charge in [0.2, 0.25) is 0 Å². The first kappa shape index (κ1) is 18.0. The third-order valence-corrected chi connectivity index (χ3v) is 4.72. The fraction of sp³-hybridized carbons (Fsp3) is 0.238. The van der Waals surface area contributed by atoms with E-state index in [1.165, 1.54) is 33.3 Å². The van der Waals surface area contributed by atoms with E-state index >= 15 is 0 Å². The summed E-state index contributed by atoms with van der Waals surface area (Å²) in [5.41, 5.74) is 1.04. The maximum absolute atomic E-state index is 13.1. The monoisotopic (exact) mass is 378 g/mol. The van der Waals surface area contributed by atoms with Gasteiger partial charge in [0.1, 0.15) is 5.82 Å². The van der Waals surface area contributed by atoms with Gasteiger partial charge < -0.3 is 0 Å². The molecular formula is C21H19FN4O2. The molecule has 142 valence electrons. The van der Waals surface area contributed by atoms with Gasteiger partial charge in [-0.05, 0) is 42.8 Å². The van der Waals surface area contributed by atoms with E-state index in [1.807, 2.05) is 18.2 Å². The summed E-state index contributed by atoms with van der Waals surface area (Å²) in [4.78, 5) is 30.3. The molecule has 2 heterocycles. The van der Waals surface area contributed by atoms with Crippen LogP contribution in [-0.4, -0.2) is 24.9 Å². The molecule has 0 aliphatic heterocycles. The van der Waals surface area contributed by atoms with Gasteiger partial charge in [-0.3, -0.25) is 9.36 Å². The SMILES string of the molecule is CCCCc1nc2c3ccccc3n(CC(=O)c3ccc(F)cc3)c(=O)n2n1. The van der Waals surface area contributed by atoms with Crippen LogP contribution < -0.4 is 5.69 Å². The van der Waals surface area contributed by atoms with Gasteiger partial charge in [-0.25, -0.2) is 14.2 Å². The standard InChI is InChI=1S/C21H19FN4O2/c1-2-3-8-19-23-20-16-6-4-5-7-17(16)25(21(28)26(20)24-19)13-18(27)14-9-11-15(22)12-10-14/h4-7,9-12H,2-3,8,13H2,1H3. The summed E-state index contributed by atoms with van der Waals surface area (Å²) in [6.07, 6.45) is 2.64. The Balaban J connectivity index is 1.84. The summed E-state index contributed by atoms with van der Waals surface area (Å²) >= 11 is 0. The maximum atomic E-state index is 13.1. The van der Waals surface area contributed by atoms with Gasteiger partial charge in [0.15, 0.2) is 17.3 Å². The molecule has 4 aromatic rings. The van der Waals surface area contributed by atoms with E-state index in [4.69, 9.17) is 0 Å². The van der Waals surface area contributed by atoms with Crippen LogP contribution in [0.5, 0.6) is 0 Å². The minimum Gasteiger partial charge on any atom is -0.292 e. The van der Waals surface area contributed by atoms with Crippen LogP contribution in [0, 0.1) is 5.82 Å². The number of carbonyl (C=O) groups excluding carboxylic acids is 1. The lowest BCUT2D eigenvalue weighted by atomic mass is 10.1. The minimum absolute atomic E-state index is 0.162. The molecule has 0 radical (unpaired) electrons. The highest BCUT2D eigenvalue weighted by Crippen LogP contribution is 2.18. The Hall–Kier alpha value is -3.35. The molecule has 0 N–H and O–H groups in total. The number of rotatable bonds is 6. The molecule has 0 saturated carbocycles. The number of halogens is 1. The Bertz CT molecular complexity index is 1230. The van der Waals surface area contributed by atoms with Gasteiger partial charge in [0, 0.05) is 17.4 Å². The van der Waals surface area contributed by atoms with Gasteiger partial charge in [-0.2, -0.15) is 4.52 Å². The molecule has 0 unspecified atom stereocenters. The Morgan fingerprint density at radius 2 is 1.86 bits per heavy atom. The van der Waals surface area contributed by atoms with Crippen molar-refractivity contribution in [3.63, 3.8) is 0 Å². The lowest BCUT2D eigenvalue weighted by molar-refractivity contribution is 0.0971. The topological polar surface area (TPSA) is 69.3 Å². The van der Waals surface area contributed by atoms with E-state index in [2.05, 4.69) is 17.0 Å². The van der Waals surface area contributed by atoms with Crippen molar-refractivity contribution in [1.82, 2.24) is 19.2 Å². The summed E-state index contributed by atoms with van der Waals surface area (Å²) in [5.74, 6) is -0.0764. The first-order valence-corrected chi connectivity index (χ1v) is 9.24. The predicted octanol–water partition coefficient (Wildman–Crippen LogP) is 3.41. The number of Topliss-reactive ketones (excluding diaryl/α,β-unsaturated/α-hetero) is 1. The molecule has 0 bridgehead atoms. The van der Waals surface area contributed by atoms with E-state index in [0.29, 0.717) is 29.0 Å². The average Bonchev–Trinajstić information content (AvgIpc) is 3.14. The summed E-state index contributed by atoms with van der Waals surface area (Å²) in [6, 6.07) is 12.6. The highest BCUT2D eigenvalue weighted by Gasteiger charge is 2.17. The van der Waals surface area contributed by atoms with Gasteiger partial charge in [-0.1, -0.05) is 25.5 Å².